The van der Waals surface area contributed by atoms with Crippen LogP contribution in [-0.2, 0) is 6.42 Å². The van der Waals surface area contributed by atoms with E-state index in [0.29, 0.717) is 0 Å². The van der Waals surface area contributed by atoms with Crippen molar-refractivity contribution in [1.29, 1.82) is 0 Å². The molecule has 0 unspecified atom stereocenters. The molecule has 1 aromatic rings. The Morgan fingerprint density at radius 2 is 2.07 bits per heavy atom. The molecule has 0 aliphatic heterocycles. The Bertz CT molecular complexity index is 324. The van der Waals surface area contributed by atoms with Crippen LogP contribution in [0.4, 0.5) is 0 Å². The van der Waals surface area contributed by atoms with Gasteiger partial charge in [-0.15, -0.1) is 0 Å². The summed E-state index contributed by atoms with van der Waals surface area (Å²) in [5.41, 5.74) is 2.18. The number of aliphatic hydroxyl groups excluding tert-OH is 1. The van der Waals surface area contributed by atoms with E-state index >= 15 is 0 Å². The first-order chi connectivity index (χ1) is 7.19. The number of halogens is 1. The van der Waals surface area contributed by atoms with Gasteiger partial charge in [0.1, 0.15) is 5.75 Å². The van der Waals surface area contributed by atoms with Crippen molar-refractivity contribution in [3.63, 3.8) is 0 Å². The van der Waals surface area contributed by atoms with Crippen LogP contribution in [0.3, 0.4) is 0 Å². The number of methoxy groups -OCH3 is 1. The van der Waals surface area contributed by atoms with Gasteiger partial charge in [0, 0.05) is 11.6 Å². The van der Waals surface area contributed by atoms with Crippen LogP contribution in [-0.4, -0.2) is 18.8 Å². The smallest absolute Gasteiger partial charge is 0.125 e. The van der Waals surface area contributed by atoms with Gasteiger partial charge >= 0.3 is 0 Å². The van der Waals surface area contributed by atoms with E-state index in [1.54, 1.807) is 7.11 Å². The Kier molecular flexibility index (Phi) is 4.92. The molecular weight excluding hydrogens is 212 g/mol. The molecular formula is C12H17ClO2. The molecule has 0 spiro atoms. The topological polar surface area (TPSA) is 29.5 Å². The predicted molar refractivity (Wildman–Crippen MR) is 62.8 cm³/mol. The summed E-state index contributed by atoms with van der Waals surface area (Å²) < 4.78 is 5.34. The Hall–Kier alpha value is -0.730. The molecule has 84 valence electrons. The first-order valence-corrected chi connectivity index (χ1v) is 5.50. The Balaban J connectivity index is 2.84. The standard InChI is InChI=1S/C12H17ClO2/c1-9-7-11(13)8-10(12(9)15-2)5-3-4-6-14/h7-8,14H,3-6H2,1-2H3. The van der Waals surface area contributed by atoms with E-state index in [4.69, 9.17) is 21.4 Å². The van der Waals surface area contributed by atoms with E-state index in [0.717, 1.165) is 41.2 Å². The molecule has 15 heavy (non-hydrogen) atoms. The minimum atomic E-state index is 0.238. The SMILES string of the molecule is COc1c(C)cc(Cl)cc1CCCCO. The molecule has 0 radical (unpaired) electrons. The molecule has 0 aliphatic rings. The Labute approximate surface area is 95.8 Å². The summed E-state index contributed by atoms with van der Waals surface area (Å²) in [4.78, 5) is 0. The van der Waals surface area contributed by atoms with Crippen molar-refractivity contribution in [3.8, 4) is 5.75 Å². The van der Waals surface area contributed by atoms with Gasteiger partial charge in [-0.25, -0.2) is 0 Å². The lowest BCUT2D eigenvalue weighted by Gasteiger charge is -2.11. The number of hydrogen-bond donors (Lipinski definition) is 1. The maximum atomic E-state index is 8.72. The third-order valence-corrected chi connectivity index (χ3v) is 2.59. The van der Waals surface area contributed by atoms with Gasteiger partial charge < -0.3 is 9.84 Å². The Morgan fingerprint density at radius 3 is 2.67 bits per heavy atom. The average molecular weight is 229 g/mol. The normalized spacial score (nSPS) is 10.4. The number of aryl methyl sites for hydroxylation is 2. The minimum Gasteiger partial charge on any atom is -0.496 e. The van der Waals surface area contributed by atoms with Crippen molar-refractivity contribution >= 4 is 11.6 Å². The van der Waals surface area contributed by atoms with Crippen molar-refractivity contribution in [2.75, 3.05) is 13.7 Å². The number of unbranched alkanes of at least 4 members (excludes halogenated alkanes) is 1. The Morgan fingerprint density at radius 1 is 1.33 bits per heavy atom. The molecule has 0 amide bonds. The first-order valence-electron chi connectivity index (χ1n) is 5.13. The molecule has 0 atom stereocenters. The fraction of sp³-hybridized carbons (Fsp3) is 0.500. The summed E-state index contributed by atoms with van der Waals surface area (Å²) >= 11 is 5.99. The van der Waals surface area contributed by atoms with Gasteiger partial charge in [-0.1, -0.05) is 11.6 Å². The lowest BCUT2D eigenvalue weighted by Crippen LogP contribution is -1.96. The third kappa shape index (κ3) is 3.40. The second kappa shape index (κ2) is 5.99. The molecule has 0 saturated carbocycles. The fourth-order valence-corrected chi connectivity index (χ4v) is 2.00. The molecule has 0 saturated heterocycles. The maximum absolute atomic E-state index is 8.72. The lowest BCUT2D eigenvalue weighted by atomic mass is 10.0. The van der Waals surface area contributed by atoms with Crippen LogP contribution in [0, 0.1) is 6.92 Å². The van der Waals surface area contributed by atoms with Crippen molar-refractivity contribution in [2.45, 2.75) is 26.2 Å². The van der Waals surface area contributed by atoms with Crippen LogP contribution in [0.15, 0.2) is 12.1 Å². The summed E-state index contributed by atoms with van der Waals surface area (Å²) in [5.74, 6) is 0.914. The van der Waals surface area contributed by atoms with Crippen molar-refractivity contribution in [3.05, 3.63) is 28.3 Å². The summed E-state index contributed by atoms with van der Waals surface area (Å²) in [7, 11) is 1.67. The molecule has 0 aromatic heterocycles. The summed E-state index contributed by atoms with van der Waals surface area (Å²) in [6.45, 7) is 2.22. The lowest BCUT2D eigenvalue weighted by molar-refractivity contribution is 0.284. The fourth-order valence-electron chi connectivity index (χ4n) is 1.70. The largest absolute Gasteiger partial charge is 0.496 e. The summed E-state index contributed by atoms with van der Waals surface area (Å²) in [6.07, 6.45) is 2.66. The summed E-state index contributed by atoms with van der Waals surface area (Å²) in [5, 5.41) is 9.47. The zero-order chi connectivity index (χ0) is 11.3. The van der Waals surface area contributed by atoms with E-state index < -0.39 is 0 Å². The van der Waals surface area contributed by atoms with Gasteiger partial charge in [0.25, 0.3) is 0 Å². The highest BCUT2D eigenvalue weighted by atomic mass is 35.5. The van der Waals surface area contributed by atoms with Crippen LogP contribution >= 0.6 is 11.6 Å². The van der Waals surface area contributed by atoms with Gasteiger partial charge in [-0.2, -0.15) is 0 Å². The van der Waals surface area contributed by atoms with Gasteiger partial charge in [0.15, 0.2) is 0 Å². The monoisotopic (exact) mass is 228 g/mol. The molecule has 0 fully saturated rings. The molecule has 3 heteroatoms. The number of rotatable bonds is 5. The number of benzene rings is 1. The number of aliphatic hydroxyl groups is 1. The zero-order valence-electron chi connectivity index (χ0n) is 9.22. The predicted octanol–water partition coefficient (Wildman–Crippen LogP) is 2.97. The van der Waals surface area contributed by atoms with Gasteiger partial charge in [0.05, 0.1) is 7.11 Å². The number of ether oxygens (including phenoxy) is 1. The highest BCUT2D eigenvalue weighted by Gasteiger charge is 2.07. The summed E-state index contributed by atoms with van der Waals surface area (Å²) in [6, 6.07) is 3.83. The molecule has 0 heterocycles. The zero-order valence-corrected chi connectivity index (χ0v) is 9.97. The van der Waals surface area contributed by atoms with Crippen LogP contribution < -0.4 is 4.74 Å². The van der Waals surface area contributed by atoms with Crippen LogP contribution in [0.25, 0.3) is 0 Å². The number of hydrogen-bond acceptors (Lipinski definition) is 2. The van der Waals surface area contributed by atoms with Gasteiger partial charge in [-0.05, 0) is 49.4 Å². The van der Waals surface area contributed by atoms with Crippen molar-refractivity contribution < 1.29 is 9.84 Å². The van der Waals surface area contributed by atoms with E-state index in [2.05, 4.69) is 0 Å². The maximum Gasteiger partial charge on any atom is 0.125 e. The highest BCUT2D eigenvalue weighted by molar-refractivity contribution is 6.30. The molecule has 2 nitrogen and oxygen atoms in total. The average Bonchev–Trinajstić information content (AvgIpc) is 2.17. The quantitative estimate of drug-likeness (QED) is 0.786. The molecule has 1 rings (SSSR count). The third-order valence-electron chi connectivity index (χ3n) is 2.37. The van der Waals surface area contributed by atoms with Crippen molar-refractivity contribution in [2.24, 2.45) is 0 Å². The molecule has 1 N–H and O–H groups in total. The van der Waals surface area contributed by atoms with Gasteiger partial charge in [0.2, 0.25) is 0 Å². The van der Waals surface area contributed by atoms with Crippen LogP contribution in [0.5, 0.6) is 5.75 Å². The first kappa shape index (κ1) is 12.3. The second-order valence-corrected chi connectivity index (χ2v) is 4.03. The minimum absolute atomic E-state index is 0.238. The van der Waals surface area contributed by atoms with Crippen molar-refractivity contribution in [1.82, 2.24) is 0 Å². The van der Waals surface area contributed by atoms with Gasteiger partial charge in [-0.3, -0.25) is 0 Å². The second-order valence-electron chi connectivity index (χ2n) is 3.60. The molecule has 1 aromatic carbocycles. The van der Waals surface area contributed by atoms with E-state index in [1.165, 1.54) is 0 Å². The van der Waals surface area contributed by atoms with E-state index in [9.17, 15) is 0 Å². The van der Waals surface area contributed by atoms with E-state index in [1.807, 2.05) is 19.1 Å². The molecule has 0 bridgehead atoms. The van der Waals surface area contributed by atoms with E-state index in [-0.39, 0.29) is 6.61 Å². The van der Waals surface area contributed by atoms with Crippen LogP contribution in [0.1, 0.15) is 24.0 Å². The highest BCUT2D eigenvalue weighted by Crippen LogP contribution is 2.28. The van der Waals surface area contributed by atoms with Crippen LogP contribution in [0.2, 0.25) is 5.02 Å². The molecule has 0 aliphatic carbocycles.